The number of hydrogen-bond donors (Lipinski definition) is 1. The van der Waals surface area contributed by atoms with Crippen molar-refractivity contribution in [3.63, 3.8) is 0 Å². The first-order valence-corrected chi connectivity index (χ1v) is 4.92. The van der Waals surface area contributed by atoms with Gasteiger partial charge in [0.25, 0.3) is 0 Å². The number of ether oxygens (including phenoxy) is 2. The van der Waals surface area contributed by atoms with Crippen molar-refractivity contribution in [1.82, 2.24) is 4.90 Å². The van der Waals surface area contributed by atoms with Gasteiger partial charge in [-0.05, 0) is 13.8 Å². The molecule has 0 aliphatic heterocycles. The van der Waals surface area contributed by atoms with Crippen LogP contribution < -0.4 is 0 Å². The molecule has 86 valence electrons. The van der Waals surface area contributed by atoms with Gasteiger partial charge in [-0.15, -0.1) is 0 Å². The lowest BCUT2D eigenvalue weighted by Crippen LogP contribution is -2.41. The van der Waals surface area contributed by atoms with Crippen molar-refractivity contribution in [3.8, 4) is 0 Å². The molecule has 4 heteroatoms. The molecule has 4 nitrogen and oxygen atoms in total. The van der Waals surface area contributed by atoms with E-state index in [0.717, 1.165) is 13.1 Å². The van der Waals surface area contributed by atoms with Gasteiger partial charge in [0.05, 0.1) is 18.8 Å². The fourth-order valence-corrected chi connectivity index (χ4v) is 1.26. The molecule has 0 aromatic rings. The lowest BCUT2D eigenvalue weighted by molar-refractivity contribution is 0.0191. The molecular formula is C10H23NO3. The highest BCUT2D eigenvalue weighted by molar-refractivity contribution is 4.71. The Bertz CT molecular complexity index is 126. The predicted octanol–water partition coefficient (Wildman–Crippen LogP) is 0.352. The maximum Gasteiger partial charge on any atom is 0.0718 e. The zero-order valence-corrected chi connectivity index (χ0v) is 9.75. The highest BCUT2D eigenvalue weighted by Gasteiger charge is 2.17. The van der Waals surface area contributed by atoms with Crippen molar-refractivity contribution < 1.29 is 14.6 Å². The molecule has 0 rings (SSSR count). The molecular weight excluding hydrogens is 182 g/mol. The minimum atomic E-state index is -0.665. The predicted molar refractivity (Wildman–Crippen MR) is 56.5 cm³/mol. The smallest absolute Gasteiger partial charge is 0.0718 e. The van der Waals surface area contributed by atoms with E-state index < -0.39 is 5.60 Å². The van der Waals surface area contributed by atoms with Crippen LogP contribution in [-0.4, -0.2) is 62.7 Å². The molecule has 0 atom stereocenters. The van der Waals surface area contributed by atoms with Crippen molar-refractivity contribution >= 4 is 0 Å². The number of nitrogens with zero attached hydrogens (tertiary/aromatic N) is 1. The molecule has 0 unspecified atom stereocenters. The largest absolute Gasteiger partial charge is 0.389 e. The average molecular weight is 205 g/mol. The molecule has 0 radical (unpaired) electrons. The standard InChI is InChI=1S/C10H23NO3/c1-10(2,12)9-11(5-7-13-3)6-8-14-4/h12H,5-9H2,1-4H3. The topological polar surface area (TPSA) is 41.9 Å². The fraction of sp³-hybridized carbons (Fsp3) is 1.00. The van der Waals surface area contributed by atoms with E-state index in [9.17, 15) is 5.11 Å². The zero-order chi connectivity index (χ0) is 11.0. The molecule has 0 aliphatic carbocycles. The molecule has 14 heavy (non-hydrogen) atoms. The minimum Gasteiger partial charge on any atom is -0.389 e. The second-order valence-electron chi connectivity index (χ2n) is 4.07. The van der Waals surface area contributed by atoms with Crippen molar-refractivity contribution in [1.29, 1.82) is 0 Å². The highest BCUT2D eigenvalue weighted by atomic mass is 16.5. The summed E-state index contributed by atoms with van der Waals surface area (Å²) in [4.78, 5) is 2.13. The Hall–Kier alpha value is -0.160. The van der Waals surface area contributed by atoms with E-state index >= 15 is 0 Å². The second kappa shape index (κ2) is 7.17. The quantitative estimate of drug-likeness (QED) is 0.621. The van der Waals surface area contributed by atoms with E-state index in [0.29, 0.717) is 19.8 Å². The van der Waals surface area contributed by atoms with E-state index in [-0.39, 0.29) is 0 Å². The van der Waals surface area contributed by atoms with Gasteiger partial charge in [0.15, 0.2) is 0 Å². The van der Waals surface area contributed by atoms with E-state index in [4.69, 9.17) is 9.47 Å². The van der Waals surface area contributed by atoms with E-state index in [1.54, 1.807) is 28.1 Å². The van der Waals surface area contributed by atoms with Gasteiger partial charge in [-0.2, -0.15) is 0 Å². The monoisotopic (exact) mass is 205 g/mol. The number of methoxy groups -OCH3 is 2. The van der Waals surface area contributed by atoms with Crippen LogP contribution in [-0.2, 0) is 9.47 Å². The van der Waals surface area contributed by atoms with Gasteiger partial charge < -0.3 is 14.6 Å². The van der Waals surface area contributed by atoms with Crippen LogP contribution in [0.15, 0.2) is 0 Å². The highest BCUT2D eigenvalue weighted by Crippen LogP contribution is 2.04. The van der Waals surface area contributed by atoms with Crippen LogP contribution in [0.25, 0.3) is 0 Å². The van der Waals surface area contributed by atoms with Crippen LogP contribution in [0.5, 0.6) is 0 Å². The lowest BCUT2D eigenvalue weighted by Gasteiger charge is -2.28. The van der Waals surface area contributed by atoms with Gasteiger partial charge >= 0.3 is 0 Å². The molecule has 0 fully saturated rings. The molecule has 0 saturated heterocycles. The van der Waals surface area contributed by atoms with Crippen LogP contribution in [0, 0.1) is 0 Å². The fourth-order valence-electron chi connectivity index (χ4n) is 1.26. The van der Waals surface area contributed by atoms with Crippen molar-refractivity contribution in [3.05, 3.63) is 0 Å². The van der Waals surface area contributed by atoms with Crippen LogP contribution in [0.1, 0.15) is 13.8 Å². The molecule has 0 saturated carbocycles. The van der Waals surface area contributed by atoms with E-state index in [2.05, 4.69) is 4.90 Å². The van der Waals surface area contributed by atoms with Gasteiger partial charge in [-0.25, -0.2) is 0 Å². The van der Waals surface area contributed by atoms with Gasteiger partial charge in [0.1, 0.15) is 0 Å². The van der Waals surface area contributed by atoms with Gasteiger partial charge in [0.2, 0.25) is 0 Å². The normalized spacial score (nSPS) is 12.4. The summed E-state index contributed by atoms with van der Waals surface area (Å²) in [5.41, 5.74) is -0.665. The summed E-state index contributed by atoms with van der Waals surface area (Å²) in [5, 5.41) is 9.66. The summed E-state index contributed by atoms with van der Waals surface area (Å²) in [6.45, 7) is 7.26. The molecule has 0 aromatic heterocycles. The number of rotatable bonds is 8. The Morgan fingerprint density at radius 2 is 1.50 bits per heavy atom. The van der Waals surface area contributed by atoms with Gasteiger partial charge in [0, 0.05) is 33.9 Å². The van der Waals surface area contributed by atoms with Crippen molar-refractivity contribution in [2.75, 3.05) is 47.1 Å². The second-order valence-corrected chi connectivity index (χ2v) is 4.07. The number of aliphatic hydroxyl groups is 1. The summed E-state index contributed by atoms with van der Waals surface area (Å²) >= 11 is 0. The Balaban J connectivity index is 3.84. The third-order valence-corrected chi connectivity index (χ3v) is 1.83. The average Bonchev–Trinajstić information content (AvgIpc) is 2.07. The summed E-state index contributed by atoms with van der Waals surface area (Å²) < 4.78 is 10.0. The molecule has 0 aliphatic rings. The minimum absolute atomic E-state index is 0.639. The first kappa shape index (κ1) is 13.8. The zero-order valence-electron chi connectivity index (χ0n) is 9.75. The third kappa shape index (κ3) is 8.44. The Kier molecular flexibility index (Phi) is 7.09. The van der Waals surface area contributed by atoms with Crippen LogP contribution in [0.4, 0.5) is 0 Å². The van der Waals surface area contributed by atoms with Crippen LogP contribution in [0.2, 0.25) is 0 Å². The SMILES string of the molecule is COCCN(CCOC)CC(C)(C)O. The van der Waals surface area contributed by atoms with E-state index in [1.807, 2.05) is 0 Å². The number of hydrogen-bond acceptors (Lipinski definition) is 4. The Morgan fingerprint density at radius 1 is 1.07 bits per heavy atom. The van der Waals surface area contributed by atoms with Crippen molar-refractivity contribution in [2.45, 2.75) is 19.4 Å². The van der Waals surface area contributed by atoms with Crippen LogP contribution in [0.3, 0.4) is 0 Å². The van der Waals surface area contributed by atoms with Gasteiger partial charge in [-0.3, -0.25) is 4.90 Å². The van der Waals surface area contributed by atoms with Crippen LogP contribution >= 0.6 is 0 Å². The maximum atomic E-state index is 9.66. The summed E-state index contributed by atoms with van der Waals surface area (Å²) in [5.74, 6) is 0. The summed E-state index contributed by atoms with van der Waals surface area (Å²) in [7, 11) is 3.36. The third-order valence-electron chi connectivity index (χ3n) is 1.83. The molecule has 0 spiro atoms. The Labute approximate surface area is 86.8 Å². The first-order valence-electron chi connectivity index (χ1n) is 4.92. The van der Waals surface area contributed by atoms with E-state index in [1.165, 1.54) is 0 Å². The van der Waals surface area contributed by atoms with Gasteiger partial charge in [-0.1, -0.05) is 0 Å². The molecule has 0 heterocycles. The first-order chi connectivity index (χ1) is 6.49. The van der Waals surface area contributed by atoms with Crippen molar-refractivity contribution in [2.24, 2.45) is 0 Å². The summed E-state index contributed by atoms with van der Waals surface area (Å²) in [6, 6.07) is 0. The lowest BCUT2D eigenvalue weighted by atomic mass is 10.1. The summed E-state index contributed by atoms with van der Waals surface area (Å²) in [6.07, 6.45) is 0. The molecule has 0 bridgehead atoms. The molecule has 0 amide bonds. The Morgan fingerprint density at radius 3 is 1.79 bits per heavy atom. The maximum absolute atomic E-state index is 9.66. The molecule has 1 N–H and O–H groups in total. The molecule has 0 aromatic carbocycles.